The minimum atomic E-state index is -0.857. The van der Waals surface area contributed by atoms with Crippen LogP contribution < -0.4 is 10.1 Å². The van der Waals surface area contributed by atoms with Gasteiger partial charge in [0.1, 0.15) is 12.2 Å². The number of carbonyl (C=O) groups excluding carboxylic acids is 1. The van der Waals surface area contributed by atoms with Crippen LogP contribution in [0.25, 0.3) is 0 Å². The Morgan fingerprint density at radius 3 is 2.88 bits per heavy atom. The Balaban J connectivity index is 1.55. The molecule has 132 valence electrons. The lowest BCUT2D eigenvalue weighted by molar-refractivity contribution is 0.0237. The van der Waals surface area contributed by atoms with E-state index in [-0.39, 0.29) is 18.6 Å². The van der Waals surface area contributed by atoms with Crippen molar-refractivity contribution in [1.29, 1.82) is 0 Å². The van der Waals surface area contributed by atoms with E-state index in [2.05, 4.69) is 15.3 Å². The normalized spacial score (nSPS) is 16.2. The largest absolute Gasteiger partial charge is 0.474 e. The fraction of sp³-hybridized carbons (Fsp3) is 0.389. The number of aliphatic hydroxyl groups excluding tert-OH is 1. The van der Waals surface area contributed by atoms with Crippen molar-refractivity contribution in [3.8, 4) is 5.88 Å². The van der Waals surface area contributed by atoms with Crippen LogP contribution in [0, 0.1) is 0 Å². The van der Waals surface area contributed by atoms with Crippen LogP contribution in [0.4, 0.5) is 0 Å². The first-order valence-corrected chi connectivity index (χ1v) is 8.30. The molecule has 1 saturated heterocycles. The van der Waals surface area contributed by atoms with Gasteiger partial charge < -0.3 is 19.9 Å². The molecule has 1 amide bonds. The molecular formula is C18H21N3O4. The van der Waals surface area contributed by atoms with Gasteiger partial charge in [-0.15, -0.1) is 0 Å². The third-order valence-electron chi connectivity index (χ3n) is 3.94. The zero-order chi connectivity index (χ0) is 17.5. The number of aliphatic hydroxyl groups is 1. The van der Waals surface area contributed by atoms with E-state index in [4.69, 9.17) is 9.47 Å². The molecule has 1 aliphatic heterocycles. The SMILES string of the molecule is O=C(NCC(O)c1ccccn1)c1ccnc(OC2CCOCC2)c1. The van der Waals surface area contributed by atoms with Crippen LogP contribution >= 0.6 is 0 Å². The second-order valence-electron chi connectivity index (χ2n) is 5.79. The minimum absolute atomic E-state index is 0.0607. The predicted molar refractivity (Wildman–Crippen MR) is 90.2 cm³/mol. The van der Waals surface area contributed by atoms with Gasteiger partial charge in [0.25, 0.3) is 5.91 Å². The summed E-state index contributed by atoms with van der Waals surface area (Å²) in [6.45, 7) is 1.43. The van der Waals surface area contributed by atoms with Crippen LogP contribution in [-0.4, -0.2) is 46.8 Å². The Labute approximate surface area is 146 Å². The molecule has 2 aromatic heterocycles. The molecule has 0 radical (unpaired) electrons. The lowest BCUT2D eigenvalue weighted by atomic mass is 10.1. The Bertz CT molecular complexity index is 690. The van der Waals surface area contributed by atoms with Gasteiger partial charge in [-0.1, -0.05) is 6.07 Å². The van der Waals surface area contributed by atoms with E-state index in [1.165, 1.54) is 0 Å². The maximum atomic E-state index is 12.3. The smallest absolute Gasteiger partial charge is 0.251 e. The molecule has 25 heavy (non-hydrogen) atoms. The lowest BCUT2D eigenvalue weighted by Crippen LogP contribution is -2.29. The summed E-state index contributed by atoms with van der Waals surface area (Å²) in [5.74, 6) is 0.124. The van der Waals surface area contributed by atoms with E-state index in [0.29, 0.717) is 30.4 Å². The quantitative estimate of drug-likeness (QED) is 0.825. The van der Waals surface area contributed by atoms with E-state index in [1.54, 1.807) is 42.7 Å². The van der Waals surface area contributed by atoms with Crippen molar-refractivity contribution in [1.82, 2.24) is 15.3 Å². The highest BCUT2D eigenvalue weighted by Crippen LogP contribution is 2.17. The maximum absolute atomic E-state index is 12.3. The zero-order valence-corrected chi connectivity index (χ0v) is 13.8. The molecule has 7 nitrogen and oxygen atoms in total. The van der Waals surface area contributed by atoms with Crippen molar-refractivity contribution >= 4 is 5.91 Å². The summed E-state index contributed by atoms with van der Waals surface area (Å²) in [5, 5.41) is 12.8. The number of nitrogens with one attached hydrogen (secondary N) is 1. The van der Waals surface area contributed by atoms with Gasteiger partial charge in [-0.3, -0.25) is 9.78 Å². The Morgan fingerprint density at radius 1 is 1.28 bits per heavy atom. The van der Waals surface area contributed by atoms with Crippen molar-refractivity contribution in [2.24, 2.45) is 0 Å². The summed E-state index contributed by atoms with van der Waals surface area (Å²) in [6.07, 6.45) is 3.97. The lowest BCUT2D eigenvalue weighted by Gasteiger charge is -2.22. The highest BCUT2D eigenvalue weighted by Gasteiger charge is 2.17. The molecule has 0 saturated carbocycles. The number of hydrogen-bond donors (Lipinski definition) is 2. The van der Waals surface area contributed by atoms with Gasteiger partial charge in [-0.25, -0.2) is 4.98 Å². The molecular weight excluding hydrogens is 322 g/mol. The summed E-state index contributed by atoms with van der Waals surface area (Å²) in [5.41, 5.74) is 0.950. The number of rotatable bonds is 6. The van der Waals surface area contributed by atoms with Crippen molar-refractivity contribution in [2.75, 3.05) is 19.8 Å². The molecule has 7 heteroatoms. The van der Waals surface area contributed by atoms with Crippen molar-refractivity contribution in [3.05, 3.63) is 54.0 Å². The number of ether oxygens (including phenoxy) is 2. The molecule has 1 unspecified atom stereocenters. The molecule has 2 N–H and O–H groups in total. The molecule has 3 heterocycles. The fourth-order valence-electron chi connectivity index (χ4n) is 2.55. The van der Waals surface area contributed by atoms with Crippen LogP contribution in [0.5, 0.6) is 5.88 Å². The third kappa shape index (κ3) is 4.98. The van der Waals surface area contributed by atoms with Crippen LogP contribution in [0.1, 0.15) is 35.0 Å². The minimum Gasteiger partial charge on any atom is -0.474 e. The summed E-state index contributed by atoms with van der Waals surface area (Å²) in [6, 6.07) is 8.49. The van der Waals surface area contributed by atoms with E-state index >= 15 is 0 Å². The second-order valence-corrected chi connectivity index (χ2v) is 5.79. The van der Waals surface area contributed by atoms with E-state index in [1.807, 2.05) is 0 Å². The van der Waals surface area contributed by atoms with Gasteiger partial charge in [0.15, 0.2) is 0 Å². The summed E-state index contributed by atoms with van der Waals surface area (Å²) >= 11 is 0. The number of hydrogen-bond acceptors (Lipinski definition) is 6. The number of pyridine rings is 2. The van der Waals surface area contributed by atoms with Gasteiger partial charge >= 0.3 is 0 Å². The first-order chi connectivity index (χ1) is 12.2. The predicted octanol–water partition coefficient (Wildman–Crippen LogP) is 1.50. The van der Waals surface area contributed by atoms with Crippen LogP contribution in [0.3, 0.4) is 0 Å². The number of carbonyl (C=O) groups is 1. The first-order valence-electron chi connectivity index (χ1n) is 8.30. The molecule has 3 rings (SSSR count). The fourth-order valence-corrected chi connectivity index (χ4v) is 2.55. The summed E-state index contributed by atoms with van der Waals surface area (Å²) in [7, 11) is 0. The first kappa shape index (κ1) is 17.3. The van der Waals surface area contributed by atoms with Gasteiger partial charge in [-0.2, -0.15) is 0 Å². The molecule has 0 aromatic carbocycles. The van der Waals surface area contributed by atoms with Crippen molar-refractivity contribution in [3.63, 3.8) is 0 Å². The topological polar surface area (TPSA) is 93.6 Å². The van der Waals surface area contributed by atoms with Crippen LogP contribution in [0.15, 0.2) is 42.7 Å². The van der Waals surface area contributed by atoms with E-state index in [9.17, 15) is 9.90 Å². The summed E-state index contributed by atoms with van der Waals surface area (Å²) < 4.78 is 11.1. The average Bonchev–Trinajstić information content (AvgIpc) is 2.67. The van der Waals surface area contributed by atoms with Gasteiger partial charge in [-0.05, 0) is 18.2 Å². The average molecular weight is 343 g/mol. The van der Waals surface area contributed by atoms with Crippen LogP contribution in [0.2, 0.25) is 0 Å². The van der Waals surface area contributed by atoms with Gasteiger partial charge in [0, 0.05) is 43.4 Å². The van der Waals surface area contributed by atoms with Crippen LogP contribution in [-0.2, 0) is 4.74 Å². The van der Waals surface area contributed by atoms with Gasteiger partial charge in [0.05, 0.1) is 18.9 Å². The Hall–Kier alpha value is -2.51. The zero-order valence-electron chi connectivity index (χ0n) is 13.8. The molecule has 1 fully saturated rings. The maximum Gasteiger partial charge on any atom is 0.251 e. The van der Waals surface area contributed by atoms with Crippen molar-refractivity contribution < 1.29 is 19.4 Å². The Morgan fingerprint density at radius 2 is 2.12 bits per heavy atom. The third-order valence-corrected chi connectivity index (χ3v) is 3.94. The monoisotopic (exact) mass is 343 g/mol. The van der Waals surface area contributed by atoms with E-state index in [0.717, 1.165) is 12.8 Å². The standard InChI is InChI=1S/C18H21N3O4/c22-16(15-3-1-2-7-19-15)12-21-18(23)13-4-8-20-17(11-13)25-14-5-9-24-10-6-14/h1-4,7-8,11,14,16,22H,5-6,9-10,12H2,(H,21,23). The molecule has 0 spiro atoms. The second kappa shape index (κ2) is 8.55. The molecule has 0 bridgehead atoms. The molecule has 0 aliphatic carbocycles. The summed E-state index contributed by atoms with van der Waals surface area (Å²) in [4.78, 5) is 20.5. The molecule has 1 aliphatic rings. The highest BCUT2D eigenvalue weighted by atomic mass is 16.5. The van der Waals surface area contributed by atoms with E-state index < -0.39 is 6.10 Å². The number of amides is 1. The molecule has 1 atom stereocenters. The van der Waals surface area contributed by atoms with Crippen molar-refractivity contribution in [2.45, 2.75) is 25.0 Å². The number of aromatic nitrogens is 2. The number of nitrogens with zero attached hydrogens (tertiary/aromatic N) is 2. The van der Waals surface area contributed by atoms with Gasteiger partial charge in [0.2, 0.25) is 5.88 Å². The Kier molecular flexibility index (Phi) is 5.92. The highest BCUT2D eigenvalue weighted by molar-refractivity contribution is 5.94. The molecule has 2 aromatic rings.